The summed E-state index contributed by atoms with van der Waals surface area (Å²) < 4.78 is 5.22. The smallest absolute Gasteiger partial charge is 0.252 e. The fraction of sp³-hybridized carbons (Fsp3) is 0.571. The molecule has 2 unspecified atom stereocenters. The molecule has 1 aromatic rings. The lowest BCUT2D eigenvalue weighted by Gasteiger charge is -2.15. The van der Waals surface area contributed by atoms with Crippen LogP contribution in [0.3, 0.4) is 0 Å². The van der Waals surface area contributed by atoms with E-state index in [1.54, 1.807) is 6.07 Å². The van der Waals surface area contributed by atoms with E-state index in [-0.39, 0.29) is 17.9 Å². The molecule has 20 heavy (non-hydrogen) atoms. The molecule has 0 saturated heterocycles. The van der Waals surface area contributed by atoms with Crippen molar-refractivity contribution in [3.05, 3.63) is 22.8 Å². The van der Waals surface area contributed by atoms with E-state index in [0.717, 1.165) is 19.3 Å². The minimum atomic E-state index is -0.308. The van der Waals surface area contributed by atoms with Gasteiger partial charge in [-0.2, -0.15) is 0 Å². The third kappa shape index (κ3) is 3.61. The highest BCUT2D eigenvalue weighted by molar-refractivity contribution is 6.32. The fourth-order valence-electron chi connectivity index (χ4n) is 2.37. The summed E-state index contributed by atoms with van der Waals surface area (Å²) in [5.74, 6) is 0.239. The van der Waals surface area contributed by atoms with Gasteiger partial charge < -0.3 is 15.2 Å². The van der Waals surface area contributed by atoms with Crippen molar-refractivity contribution in [1.82, 2.24) is 10.3 Å². The molecule has 110 valence electrons. The Balaban J connectivity index is 1.93. The summed E-state index contributed by atoms with van der Waals surface area (Å²) in [7, 11) is 0. The molecule has 1 saturated carbocycles. The fourth-order valence-corrected chi connectivity index (χ4v) is 2.59. The first-order chi connectivity index (χ1) is 9.61. The molecular formula is C14H19ClN2O3. The van der Waals surface area contributed by atoms with Crippen molar-refractivity contribution in [2.45, 2.75) is 32.3 Å². The number of ether oxygens (including phenoxy) is 1. The number of carbonyl (C=O) groups is 1. The molecule has 6 heteroatoms. The maximum Gasteiger partial charge on any atom is 0.252 e. The Morgan fingerprint density at radius 2 is 2.40 bits per heavy atom. The number of hydrogen-bond acceptors (Lipinski definition) is 4. The van der Waals surface area contributed by atoms with Crippen LogP contribution >= 0.6 is 11.6 Å². The average Bonchev–Trinajstić information content (AvgIpc) is 2.84. The lowest BCUT2D eigenvalue weighted by atomic mass is 10.1. The van der Waals surface area contributed by atoms with Gasteiger partial charge in [-0.05, 0) is 25.8 Å². The molecule has 0 radical (unpaired) electrons. The number of carbonyl (C=O) groups excluding carboxylic acids is 1. The van der Waals surface area contributed by atoms with Crippen LogP contribution in [0.15, 0.2) is 12.3 Å². The molecule has 1 aliphatic carbocycles. The molecule has 1 aromatic heterocycles. The number of aromatic nitrogens is 1. The van der Waals surface area contributed by atoms with Crippen LogP contribution in [0, 0.1) is 5.92 Å². The van der Waals surface area contributed by atoms with E-state index in [1.807, 2.05) is 6.92 Å². The molecule has 1 heterocycles. The maximum absolute atomic E-state index is 12.0. The first-order valence-electron chi connectivity index (χ1n) is 6.86. The number of pyridine rings is 1. The topological polar surface area (TPSA) is 71.5 Å². The van der Waals surface area contributed by atoms with Crippen LogP contribution in [0.5, 0.6) is 5.88 Å². The van der Waals surface area contributed by atoms with Crippen LogP contribution in [-0.4, -0.2) is 35.3 Å². The van der Waals surface area contributed by atoms with Crippen LogP contribution in [0.25, 0.3) is 0 Å². The molecule has 1 aliphatic rings. The highest BCUT2D eigenvalue weighted by atomic mass is 35.5. The van der Waals surface area contributed by atoms with E-state index in [2.05, 4.69) is 10.3 Å². The van der Waals surface area contributed by atoms with Crippen molar-refractivity contribution in [1.29, 1.82) is 0 Å². The Morgan fingerprint density at radius 3 is 3.00 bits per heavy atom. The predicted molar refractivity (Wildman–Crippen MR) is 76.1 cm³/mol. The van der Waals surface area contributed by atoms with Gasteiger partial charge in [0, 0.05) is 18.7 Å². The second-order valence-corrected chi connectivity index (χ2v) is 5.32. The van der Waals surface area contributed by atoms with Gasteiger partial charge in [0.1, 0.15) is 5.02 Å². The van der Waals surface area contributed by atoms with Gasteiger partial charge in [0.25, 0.3) is 5.91 Å². The van der Waals surface area contributed by atoms with Crippen molar-refractivity contribution in [2.75, 3.05) is 13.2 Å². The monoisotopic (exact) mass is 298 g/mol. The molecule has 0 aromatic carbocycles. The van der Waals surface area contributed by atoms with E-state index in [4.69, 9.17) is 16.3 Å². The lowest BCUT2D eigenvalue weighted by molar-refractivity contribution is 0.0916. The first-order valence-corrected chi connectivity index (χ1v) is 7.24. The Kier molecular flexibility index (Phi) is 5.20. The second kappa shape index (κ2) is 6.90. The molecule has 2 atom stereocenters. The van der Waals surface area contributed by atoms with Crippen molar-refractivity contribution < 1.29 is 14.6 Å². The molecule has 0 bridgehead atoms. The normalized spacial score (nSPS) is 21.8. The summed E-state index contributed by atoms with van der Waals surface area (Å²) in [4.78, 5) is 16.0. The summed E-state index contributed by atoms with van der Waals surface area (Å²) in [6.07, 6.45) is 3.91. The van der Waals surface area contributed by atoms with Crippen LogP contribution in [0.1, 0.15) is 36.5 Å². The van der Waals surface area contributed by atoms with Crippen LogP contribution in [0.4, 0.5) is 0 Å². The zero-order valence-electron chi connectivity index (χ0n) is 11.4. The van der Waals surface area contributed by atoms with Gasteiger partial charge in [-0.25, -0.2) is 4.98 Å². The zero-order chi connectivity index (χ0) is 14.5. The standard InChI is InChI=1S/C14H19ClN2O3/c1-2-20-14-11(15)6-10(8-17-14)13(19)16-7-9-4-3-5-12(9)18/h6,8-9,12,18H,2-5,7H2,1H3,(H,16,19). The van der Waals surface area contributed by atoms with E-state index in [1.165, 1.54) is 6.20 Å². The molecule has 1 fully saturated rings. The zero-order valence-corrected chi connectivity index (χ0v) is 12.2. The predicted octanol–water partition coefficient (Wildman–Crippen LogP) is 2.02. The number of nitrogens with zero attached hydrogens (tertiary/aromatic N) is 1. The number of rotatable bonds is 5. The van der Waals surface area contributed by atoms with Gasteiger partial charge >= 0.3 is 0 Å². The summed E-state index contributed by atoms with van der Waals surface area (Å²) >= 11 is 6.00. The van der Waals surface area contributed by atoms with E-state index in [0.29, 0.717) is 29.6 Å². The molecule has 0 spiro atoms. The Hall–Kier alpha value is -1.33. The highest BCUT2D eigenvalue weighted by Gasteiger charge is 2.25. The minimum absolute atomic E-state index is 0.144. The second-order valence-electron chi connectivity index (χ2n) is 4.91. The summed E-state index contributed by atoms with van der Waals surface area (Å²) in [5, 5.41) is 12.8. The van der Waals surface area contributed by atoms with Crippen molar-refractivity contribution in [2.24, 2.45) is 5.92 Å². The molecule has 0 aliphatic heterocycles. The van der Waals surface area contributed by atoms with Gasteiger partial charge in [0.05, 0.1) is 18.3 Å². The Morgan fingerprint density at radius 1 is 1.60 bits per heavy atom. The number of aliphatic hydroxyl groups excluding tert-OH is 1. The number of halogens is 1. The van der Waals surface area contributed by atoms with Crippen molar-refractivity contribution >= 4 is 17.5 Å². The van der Waals surface area contributed by atoms with Gasteiger partial charge in [-0.3, -0.25) is 4.79 Å². The molecule has 5 nitrogen and oxygen atoms in total. The van der Waals surface area contributed by atoms with E-state index >= 15 is 0 Å². The summed E-state index contributed by atoms with van der Waals surface area (Å²) in [6.45, 7) is 2.79. The largest absolute Gasteiger partial charge is 0.477 e. The maximum atomic E-state index is 12.0. The van der Waals surface area contributed by atoms with Gasteiger partial charge in [0.2, 0.25) is 5.88 Å². The third-order valence-electron chi connectivity index (χ3n) is 3.49. The summed E-state index contributed by atoms with van der Waals surface area (Å²) in [6, 6.07) is 1.54. The Labute approximate surface area is 123 Å². The average molecular weight is 299 g/mol. The van der Waals surface area contributed by atoms with E-state index < -0.39 is 0 Å². The van der Waals surface area contributed by atoms with Crippen LogP contribution < -0.4 is 10.1 Å². The van der Waals surface area contributed by atoms with Gasteiger partial charge in [-0.15, -0.1) is 0 Å². The van der Waals surface area contributed by atoms with E-state index in [9.17, 15) is 9.90 Å². The van der Waals surface area contributed by atoms with Crippen LogP contribution in [-0.2, 0) is 0 Å². The van der Waals surface area contributed by atoms with Gasteiger partial charge in [0.15, 0.2) is 0 Å². The third-order valence-corrected chi connectivity index (χ3v) is 3.77. The van der Waals surface area contributed by atoms with Crippen molar-refractivity contribution in [3.8, 4) is 5.88 Å². The minimum Gasteiger partial charge on any atom is -0.477 e. The summed E-state index contributed by atoms with van der Waals surface area (Å²) in [5.41, 5.74) is 0.394. The van der Waals surface area contributed by atoms with Crippen molar-refractivity contribution in [3.63, 3.8) is 0 Å². The van der Waals surface area contributed by atoms with Crippen LogP contribution in [0.2, 0.25) is 5.02 Å². The molecular weight excluding hydrogens is 280 g/mol. The highest BCUT2D eigenvalue weighted by Crippen LogP contribution is 2.25. The lowest BCUT2D eigenvalue weighted by Crippen LogP contribution is -2.32. The molecule has 1 amide bonds. The number of hydrogen-bond donors (Lipinski definition) is 2. The number of nitrogens with one attached hydrogen (secondary N) is 1. The first kappa shape index (κ1) is 15.1. The number of amides is 1. The number of aliphatic hydroxyl groups is 1. The van der Waals surface area contributed by atoms with Gasteiger partial charge in [-0.1, -0.05) is 18.0 Å². The molecule has 2 N–H and O–H groups in total. The Bertz CT molecular complexity index is 481. The SMILES string of the molecule is CCOc1ncc(C(=O)NCC2CCCC2O)cc1Cl. The molecule has 2 rings (SSSR count). The quantitative estimate of drug-likeness (QED) is 0.872.